The molecular formula is C19H26N4O3S. The number of hydrogen-bond acceptors (Lipinski definition) is 5. The number of imide groups is 1. The molecule has 1 saturated carbocycles. The minimum atomic E-state index is -0.528. The summed E-state index contributed by atoms with van der Waals surface area (Å²) in [5.74, 6) is 0.439. The van der Waals surface area contributed by atoms with Crippen LogP contribution in [0.4, 0.5) is 4.79 Å². The number of carbonyl (C=O) groups excluding carboxylic acids is 2. The standard InChI is InChI=1S/C19H26N4O3S/c1-13-14(2)23(15-7-4-3-5-8-15)19(21-13)27-12-17(24)22-18(25)20-11-16-9-6-10-26-16/h6,9-10,15H,3-5,7-8,11-12H2,1-2H3,(H2,20,22,24,25). The van der Waals surface area contributed by atoms with Crippen molar-refractivity contribution in [1.29, 1.82) is 0 Å². The van der Waals surface area contributed by atoms with Gasteiger partial charge in [-0.15, -0.1) is 0 Å². The van der Waals surface area contributed by atoms with Gasteiger partial charge in [-0.25, -0.2) is 9.78 Å². The molecule has 0 bridgehead atoms. The predicted octanol–water partition coefficient (Wildman–Crippen LogP) is 3.72. The predicted molar refractivity (Wildman–Crippen MR) is 104 cm³/mol. The van der Waals surface area contributed by atoms with E-state index in [1.165, 1.54) is 43.0 Å². The molecule has 0 atom stereocenters. The number of thioether (sulfide) groups is 1. The van der Waals surface area contributed by atoms with Gasteiger partial charge in [-0.1, -0.05) is 31.0 Å². The second-order valence-corrected chi connectivity index (χ2v) is 7.77. The number of nitrogens with one attached hydrogen (secondary N) is 2. The first kappa shape index (κ1) is 19.5. The van der Waals surface area contributed by atoms with Crippen LogP contribution in [0.2, 0.25) is 0 Å². The summed E-state index contributed by atoms with van der Waals surface area (Å²) in [5.41, 5.74) is 2.17. The van der Waals surface area contributed by atoms with Gasteiger partial charge in [0.1, 0.15) is 5.76 Å². The van der Waals surface area contributed by atoms with E-state index in [2.05, 4.69) is 27.1 Å². The Balaban J connectivity index is 1.52. The van der Waals surface area contributed by atoms with Gasteiger partial charge in [-0.3, -0.25) is 10.1 Å². The number of rotatable bonds is 6. The van der Waals surface area contributed by atoms with Gasteiger partial charge in [-0.2, -0.15) is 0 Å². The highest BCUT2D eigenvalue weighted by atomic mass is 32.2. The fraction of sp³-hybridized carbons (Fsp3) is 0.526. The fourth-order valence-corrected chi connectivity index (χ4v) is 4.34. The zero-order valence-electron chi connectivity index (χ0n) is 15.8. The summed E-state index contributed by atoms with van der Waals surface area (Å²) in [7, 11) is 0. The van der Waals surface area contributed by atoms with Gasteiger partial charge in [0.15, 0.2) is 5.16 Å². The molecule has 146 valence electrons. The van der Waals surface area contributed by atoms with Crippen molar-refractivity contribution in [2.45, 2.75) is 63.7 Å². The molecule has 27 heavy (non-hydrogen) atoms. The van der Waals surface area contributed by atoms with E-state index in [0.717, 1.165) is 23.7 Å². The molecule has 0 radical (unpaired) electrons. The Morgan fingerprint density at radius 3 is 2.78 bits per heavy atom. The second-order valence-electron chi connectivity index (χ2n) is 6.83. The van der Waals surface area contributed by atoms with Gasteiger partial charge in [0, 0.05) is 11.7 Å². The van der Waals surface area contributed by atoms with Crippen LogP contribution in [0.1, 0.15) is 55.3 Å². The molecule has 1 aliphatic rings. The lowest BCUT2D eigenvalue weighted by molar-refractivity contribution is -0.117. The smallest absolute Gasteiger partial charge is 0.321 e. The maximum Gasteiger partial charge on any atom is 0.321 e. The Morgan fingerprint density at radius 2 is 2.07 bits per heavy atom. The molecule has 0 aromatic carbocycles. The molecule has 3 rings (SSSR count). The number of furan rings is 1. The van der Waals surface area contributed by atoms with Crippen LogP contribution < -0.4 is 10.6 Å². The molecular weight excluding hydrogens is 364 g/mol. The number of nitrogens with zero attached hydrogens (tertiary/aromatic N) is 2. The molecule has 2 N–H and O–H groups in total. The minimum absolute atomic E-state index is 0.150. The summed E-state index contributed by atoms with van der Waals surface area (Å²) in [6.45, 7) is 4.33. The molecule has 3 amide bonds. The van der Waals surface area contributed by atoms with Crippen LogP contribution in [0.15, 0.2) is 28.0 Å². The van der Waals surface area contributed by atoms with Gasteiger partial charge in [0.25, 0.3) is 0 Å². The Kier molecular flexibility index (Phi) is 6.60. The first-order valence-electron chi connectivity index (χ1n) is 9.33. The molecule has 1 aliphatic carbocycles. The van der Waals surface area contributed by atoms with Crippen molar-refractivity contribution in [3.63, 3.8) is 0 Å². The summed E-state index contributed by atoms with van der Waals surface area (Å²) in [6, 6.07) is 3.44. The highest BCUT2D eigenvalue weighted by Crippen LogP contribution is 2.34. The van der Waals surface area contributed by atoms with Crippen molar-refractivity contribution in [2.75, 3.05) is 5.75 Å². The maximum atomic E-state index is 12.1. The molecule has 2 aromatic heterocycles. The fourth-order valence-electron chi connectivity index (χ4n) is 3.38. The topological polar surface area (TPSA) is 89.2 Å². The Hall–Kier alpha value is -2.22. The third kappa shape index (κ3) is 5.15. The minimum Gasteiger partial charge on any atom is -0.467 e. The number of hydrogen-bond donors (Lipinski definition) is 2. The highest BCUT2D eigenvalue weighted by molar-refractivity contribution is 7.99. The van der Waals surface area contributed by atoms with Crippen molar-refractivity contribution in [3.8, 4) is 0 Å². The van der Waals surface area contributed by atoms with Crippen LogP contribution >= 0.6 is 11.8 Å². The van der Waals surface area contributed by atoms with E-state index in [0.29, 0.717) is 11.8 Å². The van der Waals surface area contributed by atoms with E-state index in [1.807, 2.05) is 6.92 Å². The van der Waals surface area contributed by atoms with Crippen LogP contribution in [-0.2, 0) is 11.3 Å². The van der Waals surface area contributed by atoms with Crippen molar-refractivity contribution in [2.24, 2.45) is 0 Å². The molecule has 2 heterocycles. The van der Waals surface area contributed by atoms with Crippen molar-refractivity contribution >= 4 is 23.7 Å². The molecule has 7 nitrogen and oxygen atoms in total. The molecule has 0 saturated heterocycles. The largest absolute Gasteiger partial charge is 0.467 e. The van der Waals surface area contributed by atoms with Crippen molar-refractivity contribution in [1.82, 2.24) is 20.2 Å². The van der Waals surface area contributed by atoms with E-state index >= 15 is 0 Å². The van der Waals surface area contributed by atoms with Crippen molar-refractivity contribution < 1.29 is 14.0 Å². The quantitative estimate of drug-likeness (QED) is 0.734. The van der Waals surface area contributed by atoms with Crippen LogP contribution in [-0.4, -0.2) is 27.2 Å². The monoisotopic (exact) mass is 390 g/mol. The van der Waals surface area contributed by atoms with Crippen LogP contribution in [0.25, 0.3) is 0 Å². The molecule has 1 fully saturated rings. The lowest BCUT2D eigenvalue weighted by Gasteiger charge is -2.26. The average molecular weight is 391 g/mol. The average Bonchev–Trinajstić information content (AvgIpc) is 3.27. The summed E-state index contributed by atoms with van der Waals surface area (Å²) >= 11 is 1.38. The number of carbonyl (C=O) groups is 2. The van der Waals surface area contributed by atoms with Gasteiger partial charge in [0.2, 0.25) is 5.91 Å². The van der Waals surface area contributed by atoms with E-state index in [-0.39, 0.29) is 18.2 Å². The summed E-state index contributed by atoms with van der Waals surface area (Å²) in [4.78, 5) is 28.6. The highest BCUT2D eigenvalue weighted by Gasteiger charge is 2.22. The Morgan fingerprint density at radius 1 is 1.30 bits per heavy atom. The number of urea groups is 1. The maximum absolute atomic E-state index is 12.1. The second kappa shape index (κ2) is 9.12. The molecule has 0 spiro atoms. The van der Waals surface area contributed by atoms with E-state index in [4.69, 9.17) is 4.42 Å². The van der Waals surface area contributed by atoms with Gasteiger partial charge in [-0.05, 0) is 38.8 Å². The molecule has 0 aliphatic heterocycles. The molecule has 0 unspecified atom stereocenters. The number of aryl methyl sites for hydroxylation is 1. The summed E-state index contributed by atoms with van der Waals surface area (Å²) in [6.07, 6.45) is 7.62. The van der Waals surface area contributed by atoms with E-state index < -0.39 is 6.03 Å². The van der Waals surface area contributed by atoms with Gasteiger partial charge >= 0.3 is 6.03 Å². The van der Waals surface area contributed by atoms with Crippen LogP contribution in [0.3, 0.4) is 0 Å². The van der Waals surface area contributed by atoms with E-state index in [9.17, 15) is 9.59 Å². The lowest BCUT2D eigenvalue weighted by atomic mass is 9.95. The zero-order chi connectivity index (χ0) is 19.2. The lowest BCUT2D eigenvalue weighted by Crippen LogP contribution is -2.39. The summed E-state index contributed by atoms with van der Waals surface area (Å²) < 4.78 is 7.42. The first-order valence-corrected chi connectivity index (χ1v) is 10.3. The van der Waals surface area contributed by atoms with Gasteiger partial charge < -0.3 is 14.3 Å². The van der Waals surface area contributed by atoms with Gasteiger partial charge in [0.05, 0.1) is 24.3 Å². The van der Waals surface area contributed by atoms with Crippen molar-refractivity contribution in [3.05, 3.63) is 35.5 Å². The molecule has 2 aromatic rings. The van der Waals surface area contributed by atoms with E-state index in [1.54, 1.807) is 12.1 Å². The van der Waals surface area contributed by atoms with Crippen LogP contribution in [0.5, 0.6) is 0 Å². The zero-order valence-corrected chi connectivity index (χ0v) is 16.6. The summed E-state index contributed by atoms with van der Waals surface area (Å²) in [5, 5.41) is 5.80. The van der Waals surface area contributed by atoms with Crippen LogP contribution in [0, 0.1) is 13.8 Å². The normalized spacial score (nSPS) is 14.9. The third-order valence-corrected chi connectivity index (χ3v) is 5.84. The number of imidazole rings is 1. The first-order chi connectivity index (χ1) is 13.0. The number of aromatic nitrogens is 2. The Labute approximate surface area is 163 Å². The Bertz CT molecular complexity index is 779. The molecule has 8 heteroatoms. The number of amides is 3. The third-order valence-electron chi connectivity index (χ3n) is 4.88. The SMILES string of the molecule is Cc1nc(SCC(=O)NC(=O)NCc2ccco2)n(C2CCCCC2)c1C.